The minimum atomic E-state index is -3.61. The van der Waals surface area contributed by atoms with Crippen LogP contribution in [0.3, 0.4) is 0 Å². The number of para-hydroxylation sites is 2. The molecule has 1 heterocycles. The van der Waals surface area contributed by atoms with Crippen molar-refractivity contribution in [1.82, 2.24) is 9.21 Å². The summed E-state index contributed by atoms with van der Waals surface area (Å²) in [6, 6.07) is 12.9. The van der Waals surface area contributed by atoms with E-state index in [4.69, 9.17) is 0 Å². The van der Waals surface area contributed by atoms with Gasteiger partial charge in [-0.3, -0.25) is 19.8 Å². The van der Waals surface area contributed by atoms with Gasteiger partial charge in [-0.2, -0.15) is 4.31 Å². The van der Waals surface area contributed by atoms with Crippen LogP contribution in [0.2, 0.25) is 0 Å². The van der Waals surface area contributed by atoms with E-state index in [9.17, 15) is 23.3 Å². The van der Waals surface area contributed by atoms with E-state index in [0.717, 1.165) is 5.56 Å². The lowest BCUT2D eigenvalue weighted by molar-refractivity contribution is -0.383. The average Bonchev–Trinajstić information content (AvgIpc) is 2.74. The lowest BCUT2D eigenvalue weighted by Crippen LogP contribution is -2.50. The van der Waals surface area contributed by atoms with Gasteiger partial charge >= 0.3 is 0 Å². The molecule has 0 unspecified atom stereocenters. The number of carbonyl (C=O) groups excluding carboxylic acids is 1. The lowest BCUT2D eigenvalue weighted by atomic mass is 9.87. The first-order chi connectivity index (χ1) is 15.0. The summed E-state index contributed by atoms with van der Waals surface area (Å²) in [5, 5.41) is 13.7. The molecule has 0 radical (unpaired) electrons. The normalized spacial score (nSPS) is 16.0. The van der Waals surface area contributed by atoms with E-state index >= 15 is 0 Å². The molecule has 0 spiro atoms. The summed E-state index contributed by atoms with van der Waals surface area (Å²) >= 11 is 0. The van der Waals surface area contributed by atoms with Gasteiger partial charge in [0.25, 0.3) is 5.69 Å². The maximum Gasteiger partial charge on any atom is 0.292 e. The summed E-state index contributed by atoms with van der Waals surface area (Å²) < 4.78 is 27.4. The number of carbonyl (C=O) groups is 1. The van der Waals surface area contributed by atoms with Gasteiger partial charge in [-0.15, -0.1) is 0 Å². The number of sulfonamides is 1. The molecule has 0 aromatic heterocycles. The lowest BCUT2D eigenvalue weighted by Gasteiger charge is -2.33. The summed E-state index contributed by atoms with van der Waals surface area (Å²) in [5.41, 5.74) is 0.969. The van der Waals surface area contributed by atoms with E-state index in [1.54, 1.807) is 18.2 Å². The van der Waals surface area contributed by atoms with Gasteiger partial charge in [0.05, 0.1) is 16.4 Å². The largest absolute Gasteiger partial charge is 0.319 e. The first kappa shape index (κ1) is 23.8. The molecule has 0 aliphatic carbocycles. The highest BCUT2D eigenvalue weighted by Gasteiger charge is 2.29. The molecule has 1 N–H and O–H groups in total. The zero-order chi connectivity index (χ0) is 23.5. The number of anilines is 1. The Kier molecular flexibility index (Phi) is 6.97. The van der Waals surface area contributed by atoms with Crippen LogP contribution in [0.4, 0.5) is 11.4 Å². The van der Waals surface area contributed by atoms with Gasteiger partial charge in [-0.05, 0) is 29.2 Å². The molecule has 1 saturated heterocycles. The minimum absolute atomic E-state index is 0.0280. The van der Waals surface area contributed by atoms with Crippen LogP contribution in [-0.4, -0.2) is 61.2 Å². The summed E-state index contributed by atoms with van der Waals surface area (Å²) in [7, 11) is -3.61. The average molecular weight is 461 g/mol. The third kappa shape index (κ3) is 5.50. The van der Waals surface area contributed by atoms with Crippen molar-refractivity contribution in [3.05, 3.63) is 64.2 Å². The van der Waals surface area contributed by atoms with Gasteiger partial charge in [0, 0.05) is 32.2 Å². The standard InChI is InChI=1S/C22H28N4O5S/c1-22(2,3)17-8-10-18(11-9-17)32(30,31)25-14-12-24(13-15-25)16-21(27)23-19-6-4-5-7-20(19)26(28)29/h4-11H,12-16H2,1-3H3,(H,23,27). The van der Waals surface area contributed by atoms with Gasteiger partial charge in [0.2, 0.25) is 15.9 Å². The number of amides is 1. The number of nitro benzene ring substituents is 1. The van der Waals surface area contributed by atoms with E-state index in [2.05, 4.69) is 26.1 Å². The fourth-order valence-electron chi connectivity index (χ4n) is 3.54. The van der Waals surface area contributed by atoms with Crippen LogP contribution in [0.1, 0.15) is 26.3 Å². The third-order valence-corrected chi connectivity index (χ3v) is 7.34. The molecule has 172 valence electrons. The third-order valence-electron chi connectivity index (χ3n) is 5.43. The smallest absolute Gasteiger partial charge is 0.292 e. The molecule has 9 nitrogen and oxygen atoms in total. The molecule has 0 saturated carbocycles. The summed E-state index contributed by atoms with van der Waals surface area (Å²) in [4.78, 5) is 25.0. The van der Waals surface area contributed by atoms with Crippen molar-refractivity contribution in [1.29, 1.82) is 0 Å². The number of hydrogen-bond acceptors (Lipinski definition) is 6. The number of nitrogens with one attached hydrogen (secondary N) is 1. The van der Waals surface area contributed by atoms with Crippen molar-refractivity contribution >= 4 is 27.3 Å². The molecular weight excluding hydrogens is 432 g/mol. The highest BCUT2D eigenvalue weighted by atomic mass is 32.2. The second kappa shape index (κ2) is 9.35. The van der Waals surface area contributed by atoms with Crippen LogP contribution >= 0.6 is 0 Å². The quantitative estimate of drug-likeness (QED) is 0.524. The molecule has 0 atom stereocenters. The summed E-state index contributed by atoms with van der Waals surface area (Å²) in [6.45, 7) is 7.56. The molecule has 1 fully saturated rings. The Labute approximate surface area is 188 Å². The monoisotopic (exact) mass is 460 g/mol. The Bertz CT molecular complexity index is 1090. The van der Waals surface area contributed by atoms with Crippen LogP contribution in [0.5, 0.6) is 0 Å². The molecule has 1 aliphatic rings. The molecule has 2 aromatic carbocycles. The van der Waals surface area contributed by atoms with E-state index < -0.39 is 14.9 Å². The van der Waals surface area contributed by atoms with Crippen LogP contribution in [0.25, 0.3) is 0 Å². The van der Waals surface area contributed by atoms with Gasteiger partial charge in [0.1, 0.15) is 5.69 Å². The highest BCUT2D eigenvalue weighted by Crippen LogP contribution is 2.25. The van der Waals surface area contributed by atoms with Gasteiger partial charge in [-0.1, -0.05) is 45.0 Å². The number of piperazine rings is 1. The molecule has 1 amide bonds. The molecular formula is C22H28N4O5S. The molecule has 10 heteroatoms. The second-order valence-electron chi connectivity index (χ2n) is 8.78. The molecule has 2 aromatic rings. The second-order valence-corrected chi connectivity index (χ2v) is 10.7. The van der Waals surface area contributed by atoms with Crippen LogP contribution in [-0.2, 0) is 20.2 Å². The Morgan fingerprint density at radius 2 is 1.62 bits per heavy atom. The zero-order valence-electron chi connectivity index (χ0n) is 18.4. The van der Waals surface area contributed by atoms with E-state index in [1.165, 1.54) is 22.5 Å². The molecule has 0 bridgehead atoms. The van der Waals surface area contributed by atoms with Crippen LogP contribution in [0, 0.1) is 10.1 Å². The maximum atomic E-state index is 13.0. The highest BCUT2D eigenvalue weighted by molar-refractivity contribution is 7.89. The van der Waals surface area contributed by atoms with Crippen LogP contribution < -0.4 is 5.32 Å². The first-order valence-corrected chi connectivity index (χ1v) is 11.8. The Balaban J connectivity index is 1.58. The number of nitro groups is 1. The first-order valence-electron chi connectivity index (χ1n) is 10.3. The van der Waals surface area contributed by atoms with Crippen molar-refractivity contribution in [2.45, 2.75) is 31.1 Å². The zero-order valence-corrected chi connectivity index (χ0v) is 19.3. The van der Waals surface area contributed by atoms with Crippen molar-refractivity contribution < 1.29 is 18.1 Å². The van der Waals surface area contributed by atoms with Crippen LogP contribution in [0.15, 0.2) is 53.4 Å². The van der Waals surface area contributed by atoms with E-state index in [-0.39, 0.29) is 47.2 Å². The summed E-state index contributed by atoms with van der Waals surface area (Å²) in [6.07, 6.45) is 0. The topological polar surface area (TPSA) is 113 Å². The number of hydrogen-bond donors (Lipinski definition) is 1. The molecule has 3 rings (SSSR count). The fraction of sp³-hybridized carbons (Fsp3) is 0.409. The van der Waals surface area contributed by atoms with Crippen molar-refractivity contribution in [2.75, 3.05) is 38.0 Å². The van der Waals surface area contributed by atoms with Crippen molar-refractivity contribution in [2.24, 2.45) is 0 Å². The maximum absolute atomic E-state index is 13.0. The van der Waals surface area contributed by atoms with Gasteiger partial charge < -0.3 is 5.32 Å². The Hall–Kier alpha value is -2.82. The summed E-state index contributed by atoms with van der Waals surface area (Å²) in [5.74, 6) is -0.381. The number of rotatable bonds is 6. The van der Waals surface area contributed by atoms with E-state index in [0.29, 0.717) is 13.1 Å². The minimum Gasteiger partial charge on any atom is -0.319 e. The van der Waals surface area contributed by atoms with Crippen molar-refractivity contribution in [3.63, 3.8) is 0 Å². The predicted molar refractivity (Wildman–Crippen MR) is 122 cm³/mol. The van der Waals surface area contributed by atoms with Gasteiger partial charge in [-0.25, -0.2) is 8.42 Å². The predicted octanol–water partition coefficient (Wildman–Crippen LogP) is 2.84. The Morgan fingerprint density at radius 3 is 2.19 bits per heavy atom. The SMILES string of the molecule is CC(C)(C)c1ccc(S(=O)(=O)N2CCN(CC(=O)Nc3ccccc3[N+](=O)[O-])CC2)cc1. The fourth-order valence-corrected chi connectivity index (χ4v) is 4.96. The number of nitrogens with zero attached hydrogens (tertiary/aromatic N) is 3. The number of benzene rings is 2. The molecule has 32 heavy (non-hydrogen) atoms. The van der Waals surface area contributed by atoms with E-state index in [1.807, 2.05) is 17.0 Å². The van der Waals surface area contributed by atoms with Gasteiger partial charge in [0.15, 0.2) is 0 Å². The Morgan fingerprint density at radius 1 is 1.03 bits per heavy atom. The van der Waals surface area contributed by atoms with Crippen molar-refractivity contribution in [3.8, 4) is 0 Å². The molecule has 1 aliphatic heterocycles.